The predicted molar refractivity (Wildman–Crippen MR) is 76.9 cm³/mol. The molecule has 0 bridgehead atoms. The van der Waals surface area contributed by atoms with Crippen LogP contribution in [0.25, 0.3) is 6.08 Å². The molecule has 1 aliphatic heterocycles. The molecule has 1 heterocycles. The fraction of sp³-hybridized carbons (Fsp3) is 0.125. The monoisotopic (exact) mass is 269 g/mol. The van der Waals surface area contributed by atoms with Gasteiger partial charge in [-0.25, -0.2) is 0 Å². The van der Waals surface area contributed by atoms with Gasteiger partial charge in [0.1, 0.15) is 11.3 Å². The van der Waals surface area contributed by atoms with Crippen molar-refractivity contribution >= 4 is 17.8 Å². The highest BCUT2D eigenvalue weighted by atomic mass is 16.3. The molecule has 1 aromatic carbocycles. The van der Waals surface area contributed by atoms with Gasteiger partial charge in [0.15, 0.2) is 5.78 Å². The molecule has 4 heteroatoms. The third-order valence-electron chi connectivity index (χ3n) is 2.87. The fourth-order valence-electron chi connectivity index (χ4n) is 1.88. The van der Waals surface area contributed by atoms with Crippen molar-refractivity contribution in [3.05, 3.63) is 65.0 Å². The zero-order chi connectivity index (χ0) is 14.5. The van der Waals surface area contributed by atoms with E-state index in [0.717, 1.165) is 11.1 Å². The summed E-state index contributed by atoms with van der Waals surface area (Å²) in [5.74, 6) is -1.21. The highest BCUT2D eigenvalue weighted by Gasteiger charge is 2.28. The molecule has 0 radical (unpaired) electrons. The van der Waals surface area contributed by atoms with E-state index in [9.17, 15) is 14.7 Å². The van der Waals surface area contributed by atoms with Crippen molar-refractivity contribution in [3.63, 3.8) is 0 Å². The summed E-state index contributed by atoms with van der Waals surface area (Å²) in [5, 5.41) is 12.2. The quantitative estimate of drug-likeness (QED) is 0.382. The van der Waals surface area contributed by atoms with Gasteiger partial charge in [0.25, 0.3) is 5.91 Å². The first-order valence-electron chi connectivity index (χ1n) is 6.24. The van der Waals surface area contributed by atoms with Crippen LogP contribution in [-0.4, -0.2) is 23.3 Å². The van der Waals surface area contributed by atoms with E-state index < -0.39 is 5.91 Å². The van der Waals surface area contributed by atoms with E-state index in [4.69, 9.17) is 0 Å². The molecule has 1 fully saturated rings. The van der Waals surface area contributed by atoms with Gasteiger partial charge in [0, 0.05) is 0 Å². The number of aliphatic hydroxyl groups excluding tert-OH is 1. The topological polar surface area (TPSA) is 66.4 Å². The Bertz CT molecular complexity index is 606. The molecule has 20 heavy (non-hydrogen) atoms. The first kappa shape index (κ1) is 13.8. The van der Waals surface area contributed by atoms with Crippen molar-refractivity contribution < 1.29 is 14.7 Å². The van der Waals surface area contributed by atoms with Crippen molar-refractivity contribution in [1.29, 1.82) is 0 Å². The Balaban J connectivity index is 2.17. The minimum Gasteiger partial charge on any atom is -0.507 e. The summed E-state index contributed by atoms with van der Waals surface area (Å²) in [4.78, 5) is 22.8. The van der Waals surface area contributed by atoms with E-state index >= 15 is 0 Å². The smallest absolute Gasteiger partial charge is 0.259 e. The molecule has 4 nitrogen and oxygen atoms in total. The second-order valence-electron chi connectivity index (χ2n) is 4.50. The summed E-state index contributed by atoms with van der Waals surface area (Å²) < 4.78 is 0. The van der Waals surface area contributed by atoms with Crippen molar-refractivity contribution in [2.75, 3.05) is 6.54 Å². The van der Waals surface area contributed by atoms with E-state index in [0.29, 0.717) is 0 Å². The van der Waals surface area contributed by atoms with Gasteiger partial charge in [0.2, 0.25) is 0 Å². The summed E-state index contributed by atoms with van der Waals surface area (Å²) in [6, 6.07) is 9.73. The number of Topliss-reactive ketones (excluding diaryl/α,β-unsaturated/α-hetero) is 1. The molecule has 0 saturated carbocycles. The number of carbonyl (C=O) groups excluding carboxylic acids is 2. The maximum absolute atomic E-state index is 11.4. The SMILES string of the molecule is CC(/C=C/C(O)=C1\C(=O)CNC1=O)=C\c1ccccc1. The molecule has 0 aliphatic carbocycles. The predicted octanol–water partition coefficient (Wildman–Crippen LogP) is 2.16. The van der Waals surface area contributed by atoms with Gasteiger partial charge in [0.05, 0.1) is 6.54 Å². The minimum atomic E-state index is -0.526. The number of aliphatic hydroxyl groups is 1. The average molecular weight is 269 g/mol. The maximum Gasteiger partial charge on any atom is 0.259 e. The van der Waals surface area contributed by atoms with Gasteiger partial charge in [-0.15, -0.1) is 0 Å². The van der Waals surface area contributed by atoms with E-state index in [2.05, 4.69) is 5.32 Å². The van der Waals surface area contributed by atoms with Gasteiger partial charge >= 0.3 is 0 Å². The van der Waals surface area contributed by atoms with Gasteiger partial charge in [-0.3, -0.25) is 9.59 Å². The Labute approximate surface area is 117 Å². The normalized spacial score (nSPS) is 18.6. The molecule has 102 valence electrons. The van der Waals surface area contributed by atoms with Crippen LogP contribution in [0.15, 0.2) is 59.4 Å². The number of carbonyl (C=O) groups is 2. The van der Waals surface area contributed by atoms with E-state index in [-0.39, 0.29) is 23.7 Å². The van der Waals surface area contributed by atoms with Crippen molar-refractivity contribution in [2.24, 2.45) is 0 Å². The third-order valence-corrected chi connectivity index (χ3v) is 2.87. The van der Waals surface area contributed by atoms with Crippen molar-refractivity contribution in [3.8, 4) is 0 Å². The van der Waals surface area contributed by atoms with Crippen LogP contribution in [0.2, 0.25) is 0 Å². The summed E-state index contributed by atoms with van der Waals surface area (Å²) >= 11 is 0. The largest absolute Gasteiger partial charge is 0.507 e. The molecule has 1 amide bonds. The van der Waals surface area contributed by atoms with Crippen LogP contribution >= 0.6 is 0 Å². The molecular formula is C16H15NO3. The van der Waals surface area contributed by atoms with Crippen LogP contribution in [0.3, 0.4) is 0 Å². The van der Waals surface area contributed by atoms with E-state index in [1.54, 1.807) is 6.08 Å². The van der Waals surface area contributed by atoms with Crippen LogP contribution in [0.5, 0.6) is 0 Å². The number of amides is 1. The molecule has 0 unspecified atom stereocenters. The Morgan fingerprint density at radius 1 is 1.20 bits per heavy atom. The number of nitrogens with one attached hydrogen (secondary N) is 1. The van der Waals surface area contributed by atoms with E-state index in [1.165, 1.54) is 6.08 Å². The molecule has 1 aliphatic rings. The third kappa shape index (κ3) is 3.23. The number of rotatable bonds is 3. The molecule has 0 atom stereocenters. The van der Waals surface area contributed by atoms with Crippen molar-refractivity contribution in [2.45, 2.75) is 6.92 Å². The lowest BCUT2D eigenvalue weighted by molar-refractivity contribution is -0.117. The number of hydrogen-bond acceptors (Lipinski definition) is 3. The van der Waals surface area contributed by atoms with Crippen molar-refractivity contribution in [1.82, 2.24) is 5.32 Å². The summed E-state index contributed by atoms with van der Waals surface area (Å²) in [7, 11) is 0. The second-order valence-corrected chi connectivity index (χ2v) is 4.50. The van der Waals surface area contributed by atoms with Gasteiger partial charge in [-0.05, 0) is 18.6 Å². The number of benzene rings is 1. The lowest BCUT2D eigenvalue weighted by Gasteiger charge is -1.97. The maximum atomic E-state index is 11.4. The number of hydrogen-bond donors (Lipinski definition) is 2. The number of allylic oxidation sites excluding steroid dienone is 3. The molecule has 1 saturated heterocycles. The van der Waals surface area contributed by atoms with Gasteiger partial charge < -0.3 is 10.4 Å². The lowest BCUT2D eigenvalue weighted by Crippen LogP contribution is -2.14. The highest BCUT2D eigenvalue weighted by Crippen LogP contribution is 2.12. The molecular weight excluding hydrogens is 254 g/mol. The molecule has 1 aromatic rings. The first-order chi connectivity index (χ1) is 9.58. The summed E-state index contributed by atoms with van der Waals surface area (Å²) in [6.07, 6.45) is 4.96. The Hall–Kier alpha value is -2.62. The molecule has 0 aromatic heterocycles. The Kier molecular flexibility index (Phi) is 4.15. The van der Waals surface area contributed by atoms with Crippen LogP contribution in [0.4, 0.5) is 0 Å². The van der Waals surface area contributed by atoms with Gasteiger partial charge in [-0.2, -0.15) is 0 Å². The lowest BCUT2D eigenvalue weighted by atomic mass is 10.1. The van der Waals surface area contributed by atoms with Gasteiger partial charge in [-0.1, -0.05) is 48.1 Å². The molecule has 0 spiro atoms. The standard InChI is InChI=1S/C16H15NO3/c1-11(9-12-5-3-2-4-6-12)7-8-13(18)15-14(19)10-17-16(15)20/h2-9,18H,10H2,1H3,(H,17,20)/b8-7+,11-9+,15-13-. The van der Waals surface area contributed by atoms with Crippen LogP contribution in [-0.2, 0) is 9.59 Å². The number of ketones is 1. The summed E-state index contributed by atoms with van der Waals surface area (Å²) in [5.41, 5.74) is 1.76. The van der Waals surface area contributed by atoms with Crippen LogP contribution in [0, 0.1) is 0 Å². The minimum absolute atomic E-state index is 0.0507. The van der Waals surface area contributed by atoms with Crippen LogP contribution < -0.4 is 5.32 Å². The fourth-order valence-corrected chi connectivity index (χ4v) is 1.88. The molecule has 2 N–H and O–H groups in total. The zero-order valence-electron chi connectivity index (χ0n) is 11.1. The first-order valence-corrected chi connectivity index (χ1v) is 6.24. The van der Waals surface area contributed by atoms with Crippen LogP contribution in [0.1, 0.15) is 12.5 Å². The summed E-state index contributed by atoms with van der Waals surface area (Å²) in [6.45, 7) is 1.82. The Morgan fingerprint density at radius 2 is 1.90 bits per heavy atom. The Morgan fingerprint density at radius 3 is 2.50 bits per heavy atom. The zero-order valence-corrected chi connectivity index (χ0v) is 11.1. The highest BCUT2D eigenvalue weighted by molar-refractivity contribution is 6.25. The van der Waals surface area contributed by atoms with E-state index in [1.807, 2.05) is 43.3 Å². The average Bonchev–Trinajstić information content (AvgIpc) is 2.77. The second kappa shape index (κ2) is 6.02. The molecule has 2 rings (SSSR count).